The highest BCUT2D eigenvalue weighted by Crippen LogP contribution is 2.31. The Morgan fingerprint density at radius 2 is 2.00 bits per heavy atom. The summed E-state index contributed by atoms with van der Waals surface area (Å²) in [6.07, 6.45) is 2.65. The molecule has 8 nitrogen and oxygen atoms in total. The number of methoxy groups -OCH3 is 1. The van der Waals surface area contributed by atoms with Gasteiger partial charge in [-0.3, -0.25) is 10.00 Å². The number of carbonyl (C=O) groups is 2. The molecule has 3 aromatic rings. The van der Waals surface area contributed by atoms with Gasteiger partial charge >= 0.3 is 12.1 Å². The van der Waals surface area contributed by atoms with Gasteiger partial charge in [-0.1, -0.05) is 31.5 Å². The molecule has 0 atom stereocenters. The standard InChI is InChI=1S/C21H23N3O5/c1-3-4-11-29-21(27)23-16-9-10-18(28-2)15(19(16)20(25)26)13-24-17-8-6-5-7-14(17)12-22-24/h5-10,12H,3-4,11,13H2,1-2H3,(H,23,27)(H,25,26). The van der Waals surface area contributed by atoms with E-state index in [2.05, 4.69) is 10.4 Å². The van der Waals surface area contributed by atoms with Crippen molar-refractivity contribution in [2.75, 3.05) is 19.0 Å². The van der Waals surface area contributed by atoms with E-state index in [0.29, 0.717) is 11.3 Å². The van der Waals surface area contributed by atoms with E-state index in [9.17, 15) is 14.7 Å². The number of hydrogen-bond donors (Lipinski definition) is 2. The normalized spacial score (nSPS) is 10.7. The molecule has 1 aromatic heterocycles. The van der Waals surface area contributed by atoms with Crippen molar-refractivity contribution in [1.82, 2.24) is 9.78 Å². The van der Waals surface area contributed by atoms with Crippen molar-refractivity contribution in [3.63, 3.8) is 0 Å². The van der Waals surface area contributed by atoms with Crippen LogP contribution < -0.4 is 10.1 Å². The van der Waals surface area contributed by atoms with Crippen molar-refractivity contribution < 1.29 is 24.2 Å². The van der Waals surface area contributed by atoms with Crippen LogP contribution in [0.1, 0.15) is 35.7 Å². The van der Waals surface area contributed by atoms with Gasteiger partial charge in [-0.05, 0) is 24.6 Å². The number of fused-ring (bicyclic) bond motifs is 1. The Morgan fingerprint density at radius 3 is 2.72 bits per heavy atom. The molecule has 0 unspecified atom stereocenters. The quantitative estimate of drug-likeness (QED) is 0.554. The van der Waals surface area contributed by atoms with E-state index >= 15 is 0 Å². The molecule has 0 bridgehead atoms. The van der Waals surface area contributed by atoms with Crippen LogP contribution in [0.2, 0.25) is 0 Å². The number of amides is 1. The second-order valence-corrected chi connectivity index (χ2v) is 6.45. The average Bonchev–Trinajstić information content (AvgIpc) is 3.11. The van der Waals surface area contributed by atoms with E-state index in [1.54, 1.807) is 16.9 Å². The Hall–Kier alpha value is -3.55. The maximum absolute atomic E-state index is 12.1. The fourth-order valence-corrected chi connectivity index (χ4v) is 3.08. The molecule has 8 heteroatoms. The van der Waals surface area contributed by atoms with Crippen LogP contribution in [0.4, 0.5) is 10.5 Å². The van der Waals surface area contributed by atoms with E-state index in [1.165, 1.54) is 13.2 Å². The van der Waals surface area contributed by atoms with Crippen molar-refractivity contribution in [3.8, 4) is 5.75 Å². The molecular weight excluding hydrogens is 374 g/mol. The van der Waals surface area contributed by atoms with Crippen molar-refractivity contribution in [2.45, 2.75) is 26.3 Å². The molecule has 2 aromatic carbocycles. The van der Waals surface area contributed by atoms with Crippen LogP contribution in [0.25, 0.3) is 10.9 Å². The van der Waals surface area contributed by atoms with Gasteiger partial charge in [0, 0.05) is 10.9 Å². The molecule has 0 aliphatic rings. The third-order valence-corrected chi connectivity index (χ3v) is 4.53. The highest BCUT2D eigenvalue weighted by molar-refractivity contribution is 6.00. The molecule has 0 fully saturated rings. The summed E-state index contributed by atoms with van der Waals surface area (Å²) in [7, 11) is 1.47. The van der Waals surface area contributed by atoms with Gasteiger partial charge in [-0.2, -0.15) is 5.10 Å². The fraction of sp³-hybridized carbons (Fsp3) is 0.286. The highest BCUT2D eigenvalue weighted by Gasteiger charge is 2.22. The summed E-state index contributed by atoms with van der Waals surface area (Å²) in [6.45, 7) is 2.42. The van der Waals surface area contributed by atoms with Gasteiger partial charge in [0.1, 0.15) is 5.75 Å². The smallest absolute Gasteiger partial charge is 0.411 e. The first-order valence-corrected chi connectivity index (χ1v) is 9.32. The summed E-state index contributed by atoms with van der Waals surface area (Å²) in [5.41, 5.74) is 1.35. The summed E-state index contributed by atoms with van der Waals surface area (Å²) < 4.78 is 12.2. The molecule has 1 heterocycles. The van der Waals surface area contributed by atoms with Crippen molar-refractivity contribution in [3.05, 3.63) is 53.7 Å². The van der Waals surface area contributed by atoms with E-state index in [1.807, 2.05) is 31.2 Å². The molecule has 0 aliphatic carbocycles. The predicted molar refractivity (Wildman–Crippen MR) is 109 cm³/mol. The number of carboxylic acids is 1. The molecule has 0 saturated carbocycles. The van der Waals surface area contributed by atoms with Crippen molar-refractivity contribution in [2.24, 2.45) is 0 Å². The Kier molecular flexibility index (Phi) is 6.33. The molecule has 2 N–H and O–H groups in total. The Morgan fingerprint density at radius 1 is 1.21 bits per heavy atom. The number of carbonyl (C=O) groups excluding carboxylic acids is 1. The van der Waals surface area contributed by atoms with Crippen molar-refractivity contribution in [1.29, 1.82) is 0 Å². The number of carboxylic acid groups (broad SMARTS) is 1. The lowest BCUT2D eigenvalue weighted by molar-refractivity contribution is 0.0696. The van der Waals surface area contributed by atoms with Gasteiger partial charge < -0.3 is 14.6 Å². The largest absolute Gasteiger partial charge is 0.496 e. The number of aromatic carboxylic acids is 1. The average molecular weight is 397 g/mol. The third-order valence-electron chi connectivity index (χ3n) is 4.53. The summed E-state index contributed by atoms with van der Waals surface area (Å²) in [5, 5.41) is 17.7. The van der Waals surface area contributed by atoms with Crippen LogP contribution in [0.5, 0.6) is 5.75 Å². The number of nitrogens with zero attached hydrogens (tertiary/aromatic N) is 2. The van der Waals surface area contributed by atoms with Crippen LogP contribution in [-0.2, 0) is 11.3 Å². The summed E-state index contributed by atoms with van der Waals surface area (Å²) in [6, 6.07) is 10.7. The van der Waals surface area contributed by atoms with Crippen LogP contribution >= 0.6 is 0 Å². The summed E-state index contributed by atoms with van der Waals surface area (Å²) in [5.74, 6) is -0.786. The highest BCUT2D eigenvalue weighted by atomic mass is 16.5. The number of ether oxygens (including phenoxy) is 2. The van der Waals surface area contributed by atoms with Crippen molar-refractivity contribution >= 4 is 28.7 Å². The molecule has 0 saturated heterocycles. The van der Waals surface area contributed by atoms with Gasteiger partial charge in [-0.15, -0.1) is 0 Å². The van der Waals surface area contributed by atoms with E-state index in [4.69, 9.17) is 9.47 Å². The van der Waals surface area contributed by atoms with Gasteiger partial charge in [0.05, 0.1) is 43.2 Å². The zero-order valence-corrected chi connectivity index (χ0v) is 16.3. The Labute approximate surface area is 168 Å². The zero-order valence-electron chi connectivity index (χ0n) is 16.3. The molecule has 0 aliphatic heterocycles. The molecule has 29 heavy (non-hydrogen) atoms. The molecule has 1 amide bonds. The summed E-state index contributed by atoms with van der Waals surface area (Å²) in [4.78, 5) is 24.1. The predicted octanol–water partition coefficient (Wildman–Crippen LogP) is 4.14. The second kappa shape index (κ2) is 9.09. The topological polar surface area (TPSA) is 103 Å². The first-order chi connectivity index (χ1) is 14.0. The molecule has 152 valence electrons. The SMILES string of the molecule is CCCCOC(=O)Nc1ccc(OC)c(Cn2ncc3ccccc32)c1C(=O)O. The lowest BCUT2D eigenvalue weighted by Crippen LogP contribution is -2.19. The number of hydrogen-bond acceptors (Lipinski definition) is 5. The van der Waals surface area contributed by atoms with Gasteiger partial charge in [0.2, 0.25) is 0 Å². The monoisotopic (exact) mass is 397 g/mol. The minimum Gasteiger partial charge on any atom is -0.496 e. The molecular formula is C21H23N3O5. The first-order valence-electron chi connectivity index (χ1n) is 9.32. The number of nitrogens with one attached hydrogen (secondary N) is 1. The lowest BCUT2D eigenvalue weighted by Gasteiger charge is -2.16. The summed E-state index contributed by atoms with van der Waals surface area (Å²) >= 11 is 0. The first kappa shape index (κ1) is 20.2. The number of anilines is 1. The third kappa shape index (κ3) is 4.48. The van der Waals surface area contributed by atoms with E-state index in [0.717, 1.165) is 23.7 Å². The Balaban J connectivity index is 1.98. The zero-order chi connectivity index (χ0) is 20.8. The number of aromatic nitrogens is 2. The maximum atomic E-state index is 12.1. The Bertz CT molecular complexity index is 1030. The minimum absolute atomic E-state index is 0.0589. The lowest BCUT2D eigenvalue weighted by atomic mass is 10.0. The second-order valence-electron chi connectivity index (χ2n) is 6.45. The van der Waals surface area contributed by atoms with Gasteiger partial charge in [-0.25, -0.2) is 9.59 Å². The van der Waals surface area contributed by atoms with Gasteiger partial charge in [0.15, 0.2) is 0 Å². The number of rotatable bonds is 8. The van der Waals surface area contributed by atoms with E-state index in [-0.39, 0.29) is 24.4 Å². The minimum atomic E-state index is -1.18. The van der Waals surface area contributed by atoms with E-state index < -0.39 is 12.1 Å². The van der Waals surface area contributed by atoms with Crippen LogP contribution in [-0.4, -0.2) is 40.7 Å². The molecule has 0 radical (unpaired) electrons. The number of benzene rings is 2. The maximum Gasteiger partial charge on any atom is 0.411 e. The van der Waals surface area contributed by atoms with Gasteiger partial charge in [0.25, 0.3) is 0 Å². The molecule has 0 spiro atoms. The number of para-hydroxylation sites is 1. The molecule has 3 rings (SSSR count). The van der Waals surface area contributed by atoms with Crippen LogP contribution in [0, 0.1) is 0 Å². The number of unbranched alkanes of at least 4 members (excludes halogenated alkanes) is 1. The van der Waals surface area contributed by atoms with Crippen LogP contribution in [0.3, 0.4) is 0 Å². The fourth-order valence-electron chi connectivity index (χ4n) is 3.08. The van der Waals surface area contributed by atoms with Crippen LogP contribution in [0.15, 0.2) is 42.6 Å².